The first-order chi connectivity index (χ1) is 10.5. The average Bonchev–Trinajstić information content (AvgIpc) is 2.95. The van der Waals surface area contributed by atoms with Crippen LogP contribution in [-0.2, 0) is 11.2 Å². The van der Waals surface area contributed by atoms with Gasteiger partial charge in [-0.1, -0.05) is 12.1 Å². The number of hydrogen-bond acceptors (Lipinski definition) is 5. The van der Waals surface area contributed by atoms with Crippen LogP contribution >= 0.6 is 11.3 Å². The molecule has 7 nitrogen and oxygen atoms in total. The van der Waals surface area contributed by atoms with Crippen molar-refractivity contribution >= 4 is 33.8 Å². The molecule has 114 valence electrons. The fourth-order valence-corrected chi connectivity index (χ4v) is 2.61. The van der Waals surface area contributed by atoms with E-state index in [-0.39, 0.29) is 23.9 Å². The number of anilines is 1. The van der Waals surface area contributed by atoms with E-state index in [4.69, 9.17) is 0 Å². The number of nitrogens with one attached hydrogen (secondary N) is 2. The summed E-state index contributed by atoms with van der Waals surface area (Å²) in [6.07, 6.45) is 0.0725. The molecule has 1 aromatic carbocycles. The van der Waals surface area contributed by atoms with E-state index in [1.807, 2.05) is 0 Å². The summed E-state index contributed by atoms with van der Waals surface area (Å²) in [5, 5.41) is 17.9. The van der Waals surface area contributed by atoms with Gasteiger partial charge < -0.3 is 10.6 Å². The Morgan fingerprint density at radius 2 is 1.91 bits per heavy atom. The highest BCUT2D eigenvalue weighted by Gasteiger charge is 2.14. The first-order valence-electron chi connectivity index (χ1n) is 6.34. The predicted molar refractivity (Wildman–Crippen MR) is 83.1 cm³/mol. The highest BCUT2D eigenvalue weighted by atomic mass is 32.1. The van der Waals surface area contributed by atoms with Crippen molar-refractivity contribution in [2.75, 3.05) is 12.4 Å². The van der Waals surface area contributed by atoms with Crippen LogP contribution in [0.25, 0.3) is 0 Å². The van der Waals surface area contributed by atoms with Gasteiger partial charge in [0, 0.05) is 19.2 Å². The Hall–Kier alpha value is -2.74. The van der Waals surface area contributed by atoms with Gasteiger partial charge in [-0.3, -0.25) is 19.7 Å². The van der Waals surface area contributed by atoms with E-state index in [9.17, 15) is 19.7 Å². The molecule has 0 aliphatic rings. The molecular weight excluding hydrogens is 306 g/mol. The van der Waals surface area contributed by atoms with Crippen molar-refractivity contribution in [1.82, 2.24) is 5.32 Å². The minimum atomic E-state index is -0.495. The van der Waals surface area contributed by atoms with E-state index >= 15 is 0 Å². The Morgan fingerprint density at radius 3 is 2.50 bits per heavy atom. The van der Waals surface area contributed by atoms with Gasteiger partial charge in [0.05, 0.1) is 16.9 Å². The smallest absolute Gasteiger partial charge is 0.269 e. The van der Waals surface area contributed by atoms with Crippen LogP contribution in [0.1, 0.15) is 15.9 Å². The molecule has 0 spiro atoms. The molecule has 1 aromatic heterocycles. The number of hydrogen-bond donors (Lipinski definition) is 2. The molecule has 22 heavy (non-hydrogen) atoms. The molecular formula is C14H13N3O4S. The number of carbonyl (C=O) groups excluding carboxylic acids is 2. The molecule has 0 aliphatic carbocycles. The van der Waals surface area contributed by atoms with Crippen LogP contribution < -0.4 is 10.6 Å². The zero-order chi connectivity index (χ0) is 16.1. The van der Waals surface area contributed by atoms with Crippen LogP contribution in [-0.4, -0.2) is 23.8 Å². The third-order valence-corrected chi connectivity index (χ3v) is 3.73. The van der Waals surface area contributed by atoms with E-state index in [1.165, 1.54) is 42.6 Å². The normalized spacial score (nSPS) is 10.0. The highest BCUT2D eigenvalue weighted by Crippen LogP contribution is 2.23. The van der Waals surface area contributed by atoms with Gasteiger partial charge in [-0.15, -0.1) is 11.3 Å². The quantitative estimate of drug-likeness (QED) is 0.651. The van der Waals surface area contributed by atoms with Crippen molar-refractivity contribution in [2.24, 2.45) is 0 Å². The molecule has 2 aromatic rings. The van der Waals surface area contributed by atoms with Gasteiger partial charge in [-0.05, 0) is 17.0 Å². The first kappa shape index (κ1) is 15.6. The molecule has 2 amide bonds. The lowest BCUT2D eigenvalue weighted by Crippen LogP contribution is -2.20. The van der Waals surface area contributed by atoms with Crippen molar-refractivity contribution in [3.05, 3.63) is 57.0 Å². The van der Waals surface area contributed by atoms with Gasteiger partial charge >= 0.3 is 0 Å². The maximum Gasteiger partial charge on any atom is 0.269 e. The van der Waals surface area contributed by atoms with Crippen LogP contribution in [0.4, 0.5) is 10.7 Å². The van der Waals surface area contributed by atoms with E-state index in [0.717, 1.165) is 0 Å². The lowest BCUT2D eigenvalue weighted by molar-refractivity contribution is -0.384. The summed E-state index contributed by atoms with van der Waals surface area (Å²) in [5.74, 6) is -0.562. The Morgan fingerprint density at radius 1 is 1.23 bits per heavy atom. The highest BCUT2D eigenvalue weighted by molar-refractivity contribution is 7.14. The van der Waals surface area contributed by atoms with Gasteiger partial charge in [-0.25, -0.2) is 0 Å². The van der Waals surface area contributed by atoms with E-state index in [0.29, 0.717) is 16.1 Å². The zero-order valence-corrected chi connectivity index (χ0v) is 12.5. The topological polar surface area (TPSA) is 101 Å². The number of rotatable bonds is 5. The van der Waals surface area contributed by atoms with Crippen LogP contribution in [0.15, 0.2) is 35.7 Å². The maximum absolute atomic E-state index is 12.0. The lowest BCUT2D eigenvalue weighted by atomic mass is 10.1. The third-order valence-electron chi connectivity index (χ3n) is 2.90. The maximum atomic E-state index is 12.0. The van der Waals surface area contributed by atoms with Crippen LogP contribution in [0, 0.1) is 10.1 Å². The molecule has 0 atom stereocenters. The molecule has 0 bridgehead atoms. The summed E-state index contributed by atoms with van der Waals surface area (Å²) in [6.45, 7) is 0. The minimum absolute atomic E-state index is 0.0238. The summed E-state index contributed by atoms with van der Waals surface area (Å²) in [7, 11) is 1.52. The van der Waals surface area contributed by atoms with E-state index < -0.39 is 4.92 Å². The van der Waals surface area contributed by atoms with Gasteiger partial charge in [0.2, 0.25) is 5.91 Å². The number of benzene rings is 1. The van der Waals surface area contributed by atoms with E-state index in [1.54, 1.807) is 11.4 Å². The van der Waals surface area contributed by atoms with Crippen LogP contribution in [0.3, 0.4) is 0 Å². The standard InChI is InChI=1S/C14H13N3O4S/c1-15-13(19)11-6-7-22-14(11)16-12(18)8-9-2-4-10(5-3-9)17(20)21/h2-7H,8H2,1H3,(H,15,19)(H,16,18). The summed E-state index contributed by atoms with van der Waals surface area (Å²) < 4.78 is 0. The lowest BCUT2D eigenvalue weighted by Gasteiger charge is -2.05. The molecule has 0 fully saturated rings. The second-order valence-electron chi connectivity index (χ2n) is 4.39. The summed E-state index contributed by atoms with van der Waals surface area (Å²) in [5.41, 5.74) is 1.04. The predicted octanol–water partition coefficient (Wildman–Crippen LogP) is 2.20. The number of nitrogens with zero attached hydrogens (tertiary/aromatic N) is 1. The van der Waals surface area contributed by atoms with Gasteiger partial charge in [0.25, 0.3) is 11.6 Å². The first-order valence-corrected chi connectivity index (χ1v) is 7.22. The van der Waals surface area contributed by atoms with Crippen molar-refractivity contribution in [2.45, 2.75) is 6.42 Å². The zero-order valence-electron chi connectivity index (χ0n) is 11.7. The molecule has 0 unspecified atom stereocenters. The number of amides is 2. The Balaban J connectivity index is 2.03. The second-order valence-corrected chi connectivity index (χ2v) is 5.31. The average molecular weight is 319 g/mol. The molecule has 1 heterocycles. The Kier molecular flexibility index (Phi) is 4.84. The molecule has 0 aliphatic heterocycles. The van der Waals surface area contributed by atoms with Crippen molar-refractivity contribution in [3.63, 3.8) is 0 Å². The van der Waals surface area contributed by atoms with Gasteiger partial charge in [0.15, 0.2) is 0 Å². The van der Waals surface area contributed by atoms with Crippen molar-refractivity contribution in [1.29, 1.82) is 0 Å². The fraction of sp³-hybridized carbons (Fsp3) is 0.143. The summed E-state index contributed by atoms with van der Waals surface area (Å²) in [4.78, 5) is 33.7. The van der Waals surface area contributed by atoms with Crippen molar-refractivity contribution < 1.29 is 14.5 Å². The van der Waals surface area contributed by atoms with Gasteiger partial charge in [-0.2, -0.15) is 0 Å². The number of carbonyl (C=O) groups is 2. The van der Waals surface area contributed by atoms with Crippen LogP contribution in [0.2, 0.25) is 0 Å². The number of thiophene rings is 1. The summed E-state index contributed by atoms with van der Waals surface area (Å²) in [6, 6.07) is 7.40. The second kappa shape index (κ2) is 6.81. The SMILES string of the molecule is CNC(=O)c1ccsc1NC(=O)Cc1ccc([N+](=O)[O-])cc1. The largest absolute Gasteiger partial charge is 0.355 e. The fourth-order valence-electron chi connectivity index (χ4n) is 1.81. The molecule has 2 N–H and O–H groups in total. The Labute approximate surface area is 130 Å². The number of nitro groups is 1. The van der Waals surface area contributed by atoms with Gasteiger partial charge in [0.1, 0.15) is 5.00 Å². The van der Waals surface area contributed by atoms with E-state index in [2.05, 4.69) is 10.6 Å². The number of non-ortho nitro benzene ring substituents is 1. The monoisotopic (exact) mass is 319 g/mol. The summed E-state index contributed by atoms with van der Waals surface area (Å²) >= 11 is 1.26. The molecule has 8 heteroatoms. The third kappa shape index (κ3) is 3.67. The molecule has 2 rings (SSSR count). The van der Waals surface area contributed by atoms with Crippen LogP contribution in [0.5, 0.6) is 0 Å². The molecule has 0 saturated heterocycles. The minimum Gasteiger partial charge on any atom is -0.355 e. The molecule has 0 radical (unpaired) electrons. The Bertz CT molecular complexity index is 709. The number of nitro benzene ring substituents is 1. The molecule has 0 saturated carbocycles. The van der Waals surface area contributed by atoms with Crippen molar-refractivity contribution in [3.8, 4) is 0 Å².